The fourth-order valence-corrected chi connectivity index (χ4v) is 3.23. The van der Waals surface area contributed by atoms with Crippen LogP contribution >= 0.6 is 11.3 Å². The van der Waals surface area contributed by atoms with Crippen molar-refractivity contribution in [1.82, 2.24) is 10.9 Å². The number of hydrazine groups is 1. The van der Waals surface area contributed by atoms with Crippen molar-refractivity contribution in [2.45, 2.75) is 6.42 Å². The van der Waals surface area contributed by atoms with Gasteiger partial charge in [-0.05, 0) is 47.3 Å². The summed E-state index contributed by atoms with van der Waals surface area (Å²) in [6.07, 6.45) is 0.127. The summed E-state index contributed by atoms with van der Waals surface area (Å²) in [4.78, 5) is 24.4. The van der Waals surface area contributed by atoms with Crippen LogP contribution in [0, 0.1) is 5.82 Å². The van der Waals surface area contributed by atoms with Gasteiger partial charge in [0, 0.05) is 4.70 Å². The minimum atomic E-state index is -0.440. The van der Waals surface area contributed by atoms with E-state index in [9.17, 15) is 14.0 Å². The molecule has 3 rings (SSSR count). The number of benzene rings is 2. The Morgan fingerprint density at radius 1 is 1.08 bits per heavy atom. The first-order chi connectivity index (χ1) is 12.0. The minimum absolute atomic E-state index is 0.127. The van der Waals surface area contributed by atoms with Gasteiger partial charge in [-0.1, -0.05) is 12.1 Å². The molecule has 1 aromatic heterocycles. The second-order valence-electron chi connectivity index (χ2n) is 5.32. The molecule has 0 fully saturated rings. The largest absolute Gasteiger partial charge is 0.497 e. The van der Waals surface area contributed by atoms with Gasteiger partial charge in [0.25, 0.3) is 5.91 Å². The van der Waals surface area contributed by atoms with Gasteiger partial charge < -0.3 is 4.74 Å². The maximum absolute atomic E-state index is 13.2. The van der Waals surface area contributed by atoms with E-state index in [4.69, 9.17) is 4.74 Å². The van der Waals surface area contributed by atoms with E-state index in [1.54, 1.807) is 43.5 Å². The van der Waals surface area contributed by atoms with E-state index in [1.165, 1.54) is 23.5 Å². The molecule has 2 amide bonds. The number of fused-ring (bicyclic) bond motifs is 1. The first-order valence-electron chi connectivity index (χ1n) is 7.46. The molecule has 0 saturated carbocycles. The summed E-state index contributed by atoms with van der Waals surface area (Å²) < 4.78 is 19.1. The number of ether oxygens (including phenoxy) is 1. The van der Waals surface area contributed by atoms with Crippen molar-refractivity contribution in [2.24, 2.45) is 0 Å². The number of methoxy groups -OCH3 is 1. The number of rotatable bonds is 4. The third kappa shape index (κ3) is 4.13. The van der Waals surface area contributed by atoms with E-state index in [-0.39, 0.29) is 18.1 Å². The lowest BCUT2D eigenvalue weighted by molar-refractivity contribution is -0.121. The number of carbonyl (C=O) groups excluding carboxylic acids is 2. The van der Waals surface area contributed by atoms with Gasteiger partial charge in [0.05, 0.1) is 18.4 Å². The van der Waals surface area contributed by atoms with E-state index in [0.29, 0.717) is 16.0 Å². The molecule has 5 nitrogen and oxygen atoms in total. The summed E-state index contributed by atoms with van der Waals surface area (Å²) in [7, 11) is 1.57. The predicted molar refractivity (Wildman–Crippen MR) is 94.1 cm³/mol. The van der Waals surface area contributed by atoms with Gasteiger partial charge in [0.2, 0.25) is 5.91 Å². The molecule has 0 atom stereocenters. The molecule has 0 aliphatic heterocycles. The highest BCUT2D eigenvalue weighted by molar-refractivity contribution is 7.20. The van der Waals surface area contributed by atoms with Crippen molar-refractivity contribution in [1.29, 1.82) is 0 Å². The van der Waals surface area contributed by atoms with Crippen LogP contribution in [0.25, 0.3) is 10.1 Å². The number of carbonyl (C=O) groups is 2. The summed E-state index contributed by atoms with van der Waals surface area (Å²) >= 11 is 1.23. The fraction of sp³-hybridized carbons (Fsp3) is 0.111. The van der Waals surface area contributed by atoms with E-state index >= 15 is 0 Å². The Labute approximate surface area is 147 Å². The van der Waals surface area contributed by atoms with Crippen LogP contribution in [0.3, 0.4) is 0 Å². The first-order valence-corrected chi connectivity index (χ1v) is 8.28. The smallest absolute Gasteiger partial charge is 0.279 e. The van der Waals surface area contributed by atoms with Gasteiger partial charge in [-0.25, -0.2) is 4.39 Å². The summed E-state index contributed by atoms with van der Waals surface area (Å²) in [5, 5.41) is 0.653. The van der Waals surface area contributed by atoms with Gasteiger partial charge in [-0.3, -0.25) is 20.4 Å². The summed E-state index contributed by atoms with van der Waals surface area (Å²) in [5.74, 6) is -0.431. The zero-order valence-corrected chi connectivity index (χ0v) is 14.2. The van der Waals surface area contributed by atoms with E-state index < -0.39 is 5.91 Å². The molecule has 25 heavy (non-hydrogen) atoms. The van der Waals surface area contributed by atoms with Crippen LogP contribution in [0.1, 0.15) is 15.2 Å². The standard InChI is InChI=1S/C18H15FN2O3S/c1-24-14-5-2-11(3-6-14)8-17(22)20-21-18(23)16-10-12-9-13(19)4-7-15(12)25-16/h2-7,9-10H,8H2,1H3,(H,20,22)(H,21,23). The number of thiophene rings is 1. The Morgan fingerprint density at radius 2 is 1.84 bits per heavy atom. The van der Waals surface area contributed by atoms with Crippen LogP contribution in [-0.2, 0) is 11.2 Å². The Bertz CT molecular complexity index is 922. The first kappa shape index (κ1) is 16.9. The molecular weight excluding hydrogens is 343 g/mol. The van der Waals surface area contributed by atoms with Gasteiger partial charge in [-0.15, -0.1) is 11.3 Å². The third-order valence-electron chi connectivity index (χ3n) is 3.54. The molecule has 1 heterocycles. The number of hydrogen-bond acceptors (Lipinski definition) is 4. The average molecular weight is 358 g/mol. The van der Waals surface area contributed by atoms with Crippen LogP contribution in [0.2, 0.25) is 0 Å². The Kier molecular flexibility index (Phi) is 4.95. The highest BCUT2D eigenvalue weighted by Crippen LogP contribution is 2.26. The van der Waals surface area contributed by atoms with Gasteiger partial charge in [0.15, 0.2) is 0 Å². The van der Waals surface area contributed by atoms with E-state index in [2.05, 4.69) is 10.9 Å². The second kappa shape index (κ2) is 7.31. The quantitative estimate of drug-likeness (QED) is 0.705. The summed E-state index contributed by atoms with van der Waals surface area (Å²) in [6, 6.07) is 13.0. The molecule has 0 aliphatic carbocycles. The zero-order valence-electron chi connectivity index (χ0n) is 13.3. The maximum Gasteiger partial charge on any atom is 0.279 e. The number of amides is 2. The predicted octanol–water partition coefficient (Wildman–Crippen LogP) is 3.05. The Morgan fingerprint density at radius 3 is 2.56 bits per heavy atom. The highest BCUT2D eigenvalue weighted by atomic mass is 32.1. The third-order valence-corrected chi connectivity index (χ3v) is 4.66. The van der Waals surface area contributed by atoms with Crippen molar-refractivity contribution in [3.63, 3.8) is 0 Å². The molecule has 0 unspecified atom stereocenters. The maximum atomic E-state index is 13.2. The SMILES string of the molecule is COc1ccc(CC(=O)NNC(=O)c2cc3cc(F)ccc3s2)cc1. The Hall–Kier alpha value is -2.93. The van der Waals surface area contributed by atoms with Crippen molar-refractivity contribution in [2.75, 3.05) is 7.11 Å². The molecule has 128 valence electrons. The lowest BCUT2D eigenvalue weighted by Gasteiger charge is -2.07. The lowest BCUT2D eigenvalue weighted by atomic mass is 10.1. The topological polar surface area (TPSA) is 67.4 Å². The molecule has 3 aromatic rings. The van der Waals surface area contributed by atoms with E-state index in [0.717, 1.165) is 10.3 Å². The van der Waals surface area contributed by atoms with Crippen LogP contribution < -0.4 is 15.6 Å². The molecule has 2 aromatic carbocycles. The van der Waals surface area contributed by atoms with Crippen LogP contribution in [0.5, 0.6) is 5.75 Å². The molecule has 7 heteroatoms. The van der Waals surface area contributed by atoms with Crippen molar-refractivity contribution < 1.29 is 18.7 Å². The van der Waals surface area contributed by atoms with Crippen molar-refractivity contribution in [3.8, 4) is 5.75 Å². The molecule has 0 spiro atoms. The van der Waals surface area contributed by atoms with Crippen LogP contribution in [0.15, 0.2) is 48.5 Å². The molecule has 0 saturated heterocycles. The van der Waals surface area contributed by atoms with Crippen molar-refractivity contribution >= 4 is 33.2 Å². The van der Waals surface area contributed by atoms with Gasteiger partial charge in [-0.2, -0.15) is 0 Å². The van der Waals surface area contributed by atoms with Crippen LogP contribution in [-0.4, -0.2) is 18.9 Å². The molecular formula is C18H15FN2O3S. The molecule has 0 bridgehead atoms. The Balaban J connectivity index is 1.57. The number of hydrogen-bond donors (Lipinski definition) is 2. The fourth-order valence-electron chi connectivity index (χ4n) is 2.29. The number of halogens is 1. The molecule has 0 aliphatic rings. The molecule has 0 radical (unpaired) electrons. The normalized spacial score (nSPS) is 10.5. The second-order valence-corrected chi connectivity index (χ2v) is 6.40. The van der Waals surface area contributed by atoms with Crippen molar-refractivity contribution in [3.05, 3.63) is 64.8 Å². The minimum Gasteiger partial charge on any atom is -0.497 e. The average Bonchev–Trinajstić information content (AvgIpc) is 3.03. The summed E-state index contributed by atoms with van der Waals surface area (Å²) in [5.41, 5.74) is 5.54. The highest BCUT2D eigenvalue weighted by Gasteiger charge is 2.12. The van der Waals surface area contributed by atoms with Gasteiger partial charge in [0.1, 0.15) is 11.6 Å². The zero-order chi connectivity index (χ0) is 17.8. The van der Waals surface area contributed by atoms with Gasteiger partial charge >= 0.3 is 0 Å². The molecule has 2 N–H and O–H groups in total. The monoisotopic (exact) mass is 358 g/mol. The van der Waals surface area contributed by atoms with E-state index in [1.807, 2.05) is 0 Å². The lowest BCUT2D eigenvalue weighted by Crippen LogP contribution is -2.42. The number of nitrogens with one attached hydrogen (secondary N) is 2. The summed E-state index contributed by atoms with van der Waals surface area (Å²) in [6.45, 7) is 0. The van der Waals surface area contributed by atoms with Crippen LogP contribution in [0.4, 0.5) is 4.39 Å².